The third-order valence-corrected chi connectivity index (χ3v) is 7.31. The van der Waals surface area contributed by atoms with Gasteiger partial charge in [0.1, 0.15) is 33.1 Å². The summed E-state index contributed by atoms with van der Waals surface area (Å²) in [6.07, 6.45) is 0.542. The van der Waals surface area contributed by atoms with E-state index >= 15 is 0 Å². The fourth-order valence-electron chi connectivity index (χ4n) is 3.77. The second-order valence-electron chi connectivity index (χ2n) is 8.48. The van der Waals surface area contributed by atoms with Crippen molar-refractivity contribution >= 4 is 56.5 Å². The SMILES string of the molecule is CS(=O)(=O)CC[C@@H](C(=O)Oc1cccc(Oc2ccc([N+](=O)[O-])cc2)c1)N1C(=O)c2cc(Cl)c(Cl)cc2C1=O. The summed E-state index contributed by atoms with van der Waals surface area (Å²) in [6, 6.07) is 11.9. The lowest BCUT2D eigenvalue weighted by Crippen LogP contribution is -2.47. The van der Waals surface area contributed by atoms with Gasteiger partial charge in [-0.2, -0.15) is 0 Å². The van der Waals surface area contributed by atoms with E-state index in [-0.39, 0.29) is 44.1 Å². The number of rotatable bonds is 9. The summed E-state index contributed by atoms with van der Waals surface area (Å²) in [6.45, 7) is 0. The molecule has 0 saturated carbocycles. The van der Waals surface area contributed by atoms with E-state index in [4.69, 9.17) is 32.7 Å². The summed E-state index contributed by atoms with van der Waals surface area (Å²) in [7, 11) is -3.58. The molecule has 1 aliphatic heterocycles. The van der Waals surface area contributed by atoms with Crippen LogP contribution in [0.4, 0.5) is 5.69 Å². The molecule has 39 heavy (non-hydrogen) atoms. The average Bonchev–Trinajstić information content (AvgIpc) is 3.09. The number of nitro benzene ring substituents is 1. The number of hydrogen-bond acceptors (Lipinski definition) is 9. The van der Waals surface area contributed by atoms with Gasteiger partial charge in [0, 0.05) is 24.5 Å². The topological polar surface area (TPSA) is 150 Å². The lowest BCUT2D eigenvalue weighted by atomic mass is 10.1. The number of carbonyl (C=O) groups is 3. The number of nitro groups is 1. The lowest BCUT2D eigenvalue weighted by Gasteiger charge is -2.24. The molecule has 0 radical (unpaired) electrons. The molecule has 0 saturated heterocycles. The number of benzene rings is 3. The fraction of sp³-hybridized carbons (Fsp3) is 0.160. The third-order valence-electron chi connectivity index (χ3n) is 5.61. The first-order chi connectivity index (χ1) is 18.3. The van der Waals surface area contributed by atoms with Gasteiger partial charge in [0.25, 0.3) is 17.5 Å². The van der Waals surface area contributed by atoms with Crippen molar-refractivity contribution in [3.05, 3.63) is 92.0 Å². The molecule has 4 rings (SSSR count). The maximum Gasteiger partial charge on any atom is 0.334 e. The van der Waals surface area contributed by atoms with Crippen molar-refractivity contribution < 1.29 is 37.2 Å². The molecule has 0 bridgehead atoms. The van der Waals surface area contributed by atoms with Crippen LogP contribution in [0, 0.1) is 10.1 Å². The number of nitrogens with zero attached hydrogens (tertiary/aromatic N) is 2. The normalized spacial score (nSPS) is 13.7. The van der Waals surface area contributed by atoms with Crippen molar-refractivity contribution in [1.82, 2.24) is 4.90 Å². The maximum absolute atomic E-state index is 13.2. The molecule has 1 aliphatic rings. The van der Waals surface area contributed by atoms with Gasteiger partial charge in [-0.25, -0.2) is 13.2 Å². The van der Waals surface area contributed by atoms with Crippen molar-refractivity contribution in [2.24, 2.45) is 0 Å². The molecular formula is C25H18Cl2N2O9S. The summed E-state index contributed by atoms with van der Waals surface area (Å²) in [5.74, 6) is -2.79. The number of esters is 1. The number of non-ortho nitro benzene ring substituents is 1. The van der Waals surface area contributed by atoms with Gasteiger partial charge >= 0.3 is 5.97 Å². The summed E-state index contributed by atoms with van der Waals surface area (Å²) in [5, 5.41) is 10.9. The van der Waals surface area contributed by atoms with Crippen LogP contribution in [0.2, 0.25) is 10.0 Å². The Morgan fingerprint density at radius 3 is 2.05 bits per heavy atom. The number of amides is 2. The van der Waals surface area contributed by atoms with E-state index in [1.54, 1.807) is 0 Å². The Kier molecular flexibility index (Phi) is 7.91. The van der Waals surface area contributed by atoms with Crippen LogP contribution in [0.3, 0.4) is 0 Å². The van der Waals surface area contributed by atoms with Crippen LogP contribution >= 0.6 is 23.2 Å². The van der Waals surface area contributed by atoms with Crippen molar-refractivity contribution in [2.75, 3.05) is 12.0 Å². The second-order valence-corrected chi connectivity index (χ2v) is 11.5. The molecule has 0 spiro atoms. The van der Waals surface area contributed by atoms with Gasteiger partial charge < -0.3 is 9.47 Å². The quantitative estimate of drug-likeness (QED) is 0.113. The molecule has 1 atom stereocenters. The fourth-order valence-corrected chi connectivity index (χ4v) is 4.75. The molecular weight excluding hydrogens is 575 g/mol. The zero-order valence-corrected chi connectivity index (χ0v) is 22.3. The Bertz CT molecular complexity index is 1570. The molecule has 2 amide bonds. The molecule has 0 aliphatic carbocycles. The molecule has 11 nitrogen and oxygen atoms in total. The average molecular weight is 593 g/mol. The van der Waals surface area contributed by atoms with Crippen molar-refractivity contribution in [3.8, 4) is 17.2 Å². The highest BCUT2D eigenvalue weighted by molar-refractivity contribution is 7.90. The van der Waals surface area contributed by atoms with Gasteiger partial charge in [-0.15, -0.1) is 0 Å². The van der Waals surface area contributed by atoms with E-state index in [0.29, 0.717) is 4.90 Å². The van der Waals surface area contributed by atoms with Crippen LogP contribution in [0.1, 0.15) is 27.1 Å². The predicted molar refractivity (Wildman–Crippen MR) is 140 cm³/mol. The Balaban J connectivity index is 1.58. The largest absolute Gasteiger partial charge is 0.457 e. The van der Waals surface area contributed by atoms with Gasteiger partial charge in [-0.3, -0.25) is 24.6 Å². The molecule has 0 aromatic heterocycles. The smallest absolute Gasteiger partial charge is 0.334 e. The van der Waals surface area contributed by atoms with Gasteiger partial charge in [-0.05, 0) is 42.8 Å². The predicted octanol–water partition coefficient (Wildman–Crippen LogP) is 4.70. The van der Waals surface area contributed by atoms with Crippen molar-refractivity contribution in [1.29, 1.82) is 0 Å². The standard InChI is InChI=1S/C25H18Cl2N2O9S/c1-39(35,36)10-9-22(28-23(30)18-12-20(26)21(27)13-19(18)24(28)31)25(32)38-17-4-2-3-16(11-17)37-15-7-5-14(6-8-15)29(33)34/h2-8,11-13,22H,9-10H2,1H3/t22-/m0/s1. The minimum Gasteiger partial charge on any atom is -0.457 e. The molecule has 202 valence electrons. The van der Waals surface area contributed by atoms with Crippen molar-refractivity contribution in [2.45, 2.75) is 12.5 Å². The van der Waals surface area contributed by atoms with E-state index in [2.05, 4.69) is 0 Å². The van der Waals surface area contributed by atoms with Crippen LogP contribution in [0.5, 0.6) is 17.2 Å². The number of ether oxygens (including phenoxy) is 2. The second kappa shape index (κ2) is 11.0. The molecule has 3 aromatic carbocycles. The van der Waals surface area contributed by atoms with E-state index in [9.17, 15) is 32.9 Å². The zero-order valence-electron chi connectivity index (χ0n) is 20.0. The zero-order chi connectivity index (χ0) is 28.5. The highest BCUT2D eigenvalue weighted by Crippen LogP contribution is 2.34. The molecule has 1 heterocycles. The summed E-state index contributed by atoms with van der Waals surface area (Å²) >= 11 is 12.0. The van der Waals surface area contributed by atoms with E-state index in [1.165, 1.54) is 60.7 Å². The van der Waals surface area contributed by atoms with Gasteiger partial charge in [-0.1, -0.05) is 29.3 Å². The van der Waals surface area contributed by atoms with Crippen LogP contribution < -0.4 is 9.47 Å². The van der Waals surface area contributed by atoms with Crippen LogP contribution in [-0.4, -0.2) is 54.1 Å². The number of halogens is 2. The highest BCUT2D eigenvalue weighted by atomic mass is 35.5. The Morgan fingerprint density at radius 2 is 1.51 bits per heavy atom. The number of imide groups is 1. The first kappa shape index (κ1) is 28.0. The lowest BCUT2D eigenvalue weighted by molar-refractivity contribution is -0.384. The van der Waals surface area contributed by atoms with Crippen LogP contribution in [-0.2, 0) is 14.6 Å². The molecule has 0 unspecified atom stereocenters. The molecule has 0 N–H and O–H groups in total. The van der Waals surface area contributed by atoms with Gasteiger partial charge in [0.05, 0.1) is 31.8 Å². The maximum atomic E-state index is 13.2. The molecule has 0 fully saturated rings. The number of sulfone groups is 1. The van der Waals surface area contributed by atoms with E-state index in [1.807, 2.05) is 0 Å². The first-order valence-corrected chi connectivity index (χ1v) is 13.9. The van der Waals surface area contributed by atoms with Crippen LogP contribution in [0.25, 0.3) is 0 Å². The van der Waals surface area contributed by atoms with Gasteiger partial charge in [0.2, 0.25) is 0 Å². The van der Waals surface area contributed by atoms with Gasteiger partial charge in [0.15, 0.2) is 0 Å². The summed E-state index contributed by atoms with van der Waals surface area (Å²) < 4.78 is 34.8. The minimum absolute atomic E-state index is 0.0218. The Morgan fingerprint density at radius 1 is 0.949 bits per heavy atom. The van der Waals surface area contributed by atoms with E-state index in [0.717, 1.165) is 6.26 Å². The summed E-state index contributed by atoms with van der Waals surface area (Å²) in [5.41, 5.74) is -0.280. The number of hydrogen-bond donors (Lipinski definition) is 0. The summed E-state index contributed by atoms with van der Waals surface area (Å²) in [4.78, 5) is 50.4. The first-order valence-electron chi connectivity index (χ1n) is 11.1. The van der Waals surface area contributed by atoms with E-state index < -0.39 is 50.8 Å². The minimum atomic E-state index is -3.58. The van der Waals surface area contributed by atoms with Crippen molar-refractivity contribution in [3.63, 3.8) is 0 Å². The molecule has 3 aromatic rings. The monoisotopic (exact) mass is 592 g/mol. The third kappa shape index (κ3) is 6.36. The Hall–Kier alpha value is -4.00. The number of fused-ring (bicyclic) bond motifs is 1. The number of carbonyl (C=O) groups excluding carboxylic acids is 3. The van der Waals surface area contributed by atoms with Crippen LogP contribution in [0.15, 0.2) is 60.7 Å². The Labute approximate surface area is 231 Å². The molecule has 14 heteroatoms. The highest BCUT2D eigenvalue weighted by Gasteiger charge is 2.44.